The van der Waals surface area contributed by atoms with E-state index >= 15 is 0 Å². The first-order valence-corrected chi connectivity index (χ1v) is 14.8. The van der Waals surface area contributed by atoms with Crippen LogP contribution in [-0.2, 0) is 0 Å². The molecule has 5 fully saturated rings. The van der Waals surface area contributed by atoms with Crippen LogP contribution in [0.2, 0.25) is 0 Å². The predicted octanol–water partition coefficient (Wildman–Crippen LogP) is 6.86. The Balaban J connectivity index is 0.000000206. The maximum absolute atomic E-state index is 8.27. The third-order valence-electron chi connectivity index (χ3n) is 11.3. The summed E-state index contributed by atoms with van der Waals surface area (Å²) in [4.78, 5) is 0. The number of nitrogens with two attached hydrogens (primary N) is 1. The molecular formula is C32H58N4. The van der Waals surface area contributed by atoms with Crippen LogP contribution in [0, 0.1) is 39.4 Å². The van der Waals surface area contributed by atoms with Crippen LogP contribution in [0.15, 0.2) is 24.3 Å². The topological polar surface area (TPSA) is 73.9 Å². The van der Waals surface area contributed by atoms with Crippen molar-refractivity contribution in [2.45, 2.75) is 117 Å². The van der Waals surface area contributed by atoms with Crippen molar-refractivity contribution in [1.82, 2.24) is 10.6 Å². The second-order valence-corrected chi connectivity index (χ2v) is 12.8. The molecule has 0 aromatic rings. The fourth-order valence-electron chi connectivity index (χ4n) is 10.2. The van der Waals surface area contributed by atoms with Crippen LogP contribution in [-0.4, -0.2) is 38.4 Å². The van der Waals surface area contributed by atoms with Gasteiger partial charge in [-0.15, -0.1) is 6.58 Å². The van der Waals surface area contributed by atoms with Gasteiger partial charge in [0.1, 0.15) is 0 Å². The highest BCUT2D eigenvalue weighted by Gasteiger charge is 2.84. The van der Waals surface area contributed by atoms with Crippen LogP contribution in [0.3, 0.4) is 0 Å². The Bertz CT molecular complexity index is 804. The quantitative estimate of drug-likeness (QED) is 0.247. The molecule has 2 spiro atoms. The predicted molar refractivity (Wildman–Crippen MR) is 157 cm³/mol. The number of allylic oxidation sites excluding steroid dienone is 2. The fourth-order valence-corrected chi connectivity index (χ4v) is 10.2. The summed E-state index contributed by atoms with van der Waals surface area (Å²) in [5.41, 5.74) is 10.1. The second-order valence-electron chi connectivity index (χ2n) is 12.8. The smallest absolute Gasteiger partial charge is 0.0250 e. The van der Waals surface area contributed by atoms with E-state index in [1.54, 1.807) is 0 Å². The minimum absolute atomic E-state index is 0. The Morgan fingerprint density at radius 1 is 1.17 bits per heavy atom. The van der Waals surface area contributed by atoms with E-state index in [-0.39, 0.29) is 7.43 Å². The molecule has 4 saturated carbocycles. The van der Waals surface area contributed by atoms with Gasteiger partial charge < -0.3 is 21.8 Å². The highest BCUT2D eigenvalue weighted by atomic mass is 15.0. The van der Waals surface area contributed by atoms with Gasteiger partial charge in [-0.1, -0.05) is 32.1 Å². The number of hydrogen-bond donors (Lipinski definition) is 4. The fraction of sp³-hybridized carbons (Fsp3) is 0.844. The van der Waals surface area contributed by atoms with Crippen molar-refractivity contribution in [3.05, 3.63) is 24.3 Å². The summed E-state index contributed by atoms with van der Waals surface area (Å²) in [5.74, 6) is 2.55. The van der Waals surface area contributed by atoms with Gasteiger partial charge in [0.05, 0.1) is 0 Å². The molecule has 0 aromatic carbocycles. The SMILES string of the molecule is C.C=CC1CCC(CCCN)N1.CC(=N)C1CCC2C1(C)CCC1C34CCCC=C3CCC214.CNC. The molecule has 1 aliphatic heterocycles. The number of nitrogens with one attached hydrogen (secondary N) is 3. The van der Waals surface area contributed by atoms with Crippen LogP contribution in [0.1, 0.15) is 105 Å². The summed E-state index contributed by atoms with van der Waals surface area (Å²) in [5, 5.41) is 14.5. The molecule has 6 rings (SSSR count). The molecule has 6 aliphatic rings. The molecule has 0 radical (unpaired) electrons. The minimum Gasteiger partial charge on any atom is -0.330 e. The summed E-state index contributed by atoms with van der Waals surface area (Å²) in [6.07, 6.45) is 22.3. The molecule has 5 N–H and O–H groups in total. The maximum Gasteiger partial charge on any atom is 0.0250 e. The molecule has 0 bridgehead atoms. The van der Waals surface area contributed by atoms with E-state index in [1.165, 1.54) is 77.0 Å². The zero-order chi connectivity index (χ0) is 25.3. The second kappa shape index (κ2) is 11.8. The average molecular weight is 499 g/mol. The van der Waals surface area contributed by atoms with Crippen molar-refractivity contribution in [3.8, 4) is 0 Å². The van der Waals surface area contributed by atoms with E-state index < -0.39 is 0 Å². The largest absolute Gasteiger partial charge is 0.330 e. The Hall–Kier alpha value is -0.970. The standard InChI is InChI=1S/C20H29N.C9H18N2.C2H7N.CH4/c1-13(21)15-6-7-16-18(15,2)11-9-17-19-10-4-3-5-14(19)8-12-20(16,17)19;1-2-8-5-6-9(11-8)4-3-7-10;1-3-2;/h5,15-17,21H,3-4,6-12H2,1-2H3;2,8-9,11H,1,3-7,10H2;3H,1-2H3;1H4. The lowest BCUT2D eigenvalue weighted by atomic mass is 9.59. The highest BCUT2D eigenvalue weighted by molar-refractivity contribution is 5.82. The molecule has 4 heteroatoms. The van der Waals surface area contributed by atoms with Gasteiger partial charge in [-0.2, -0.15) is 0 Å². The van der Waals surface area contributed by atoms with Gasteiger partial charge >= 0.3 is 0 Å². The highest BCUT2D eigenvalue weighted by Crippen LogP contribution is 2.91. The number of rotatable bonds is 5. The van der Waals surface area contributed by atoms with Crippen molar-refractivity contribution >= 4 is 5.71 Å². The van der Waals surface area contributed by atoms with Gasteiger partial charge in [-0.25, -0.2) is 0 Å². The molecule has 8 unspecified atom stereocenters. The van der Waals surface area contributed by atoms with Crippen molar-refractivity contribution < 1.29 is 0 Å². The Labute approximate surface area is 223 Å². The van der Waals surface area contributed by atoms with E-state index in [4.69, 9.17) is 11.1 Å². The zero-order valence-corrected chi connectivity index (χ0v) is 23.2. The zero-order valence-electron chi connectivity index (χ0n) is 23.2. The Kier molecular flexibility index (Phi) is 9.72. The van der Waals surface area contributed by atoms with Crippen LogP contribution in [0.5, 0.6) is 0 Å². The van der Waals surface area contributed by atoms with Crippen LogP contribution in [0.25, 0.3) is 0 Å². The van der Waals surface area contributed by atoms with E-state index in [0.29, 0.717) is 34.2 Å². The third-order valence-corrected chi connectivity index (χ3v) is 11.3. The first-order chi connectivity index (χ1) is 16.8. The van der Waals surface area contributed by atoms with E-state index in [2.05, 4.69) is 37.1 Å². The van der Waals surface area contributed by atoms with Gasteiger partial charge in [-0.05, 0) is 134 Å². The Morgan fingerprint density at radius 2 is 1.92 bits per heavy atom. The van der Waals surface area contributed by atoms with Gasteiger partial charge in [0.2, 0.25) is 0 Å². The van der Waals surface area contributed by atoms with Crippen molar-refractivity contribution in [2.24, 2.45) is 39.7 Å². The summed E-state index contributed by atoms with van der Waals surface area (Å²) in [6.45, 7) is 9.23. The molecule has 1 saturated heterocycles. The minimum atomic E-state index is 0. The van der Waals surface area contributed by atoms with Gasteiger partial charge in [0.25, 0.3) is 0 Å². The third kappa shape index (κ3) is 4.58. The van der Waals surface area contributed by atoms with Crippen molar-refractivity contribution in [2.75, 3.05) is 20.6 Å². The van der Waals surface area contributed by atoms with Crippen LogP contribution in [0.4, 0.5) is 0 Å². The van der Waals surface area contributed by atoms with Gasteiger partial charge in [0, 0.05) is 29.1 Å². The molecular weight excluding hydrogens is 440 g/mol. The molecule has 4 nitrogen and oxygen atoms in total. The van der Waals surface area contributed by atoms with E-state index in [1.807, 2.05) is 25.7 Å². The van der Waals surface area contributed by atoms with Crippen LogP contribution < -0.4 is 16.4 Å². The van der Waals surface area contributed by atoms with E-state index in [0.717, 1.165) is 30.5 Å². The normalized spacial score (nSPS) is 43.0. The van der Waals surface area contributed by atoms with Gasteiger partial charge in [-0.3, -0.25) is 0 Å². The molecule has 0 aromatic heterocycles. The molecule has 36 heavy (non-hydrogen) atoms. The first-order valence-electron chi connectivity index (χ1n) is 14.8. The molecule has 1 heterocycles. The molecule has 0 amide bonds. The average Bonchev–Trinajstić information content (AvgIpc) is 3.29. The lowest BCUT2D eigenvalue weighted by Crippen LogP contribution is -2.40. The lowest BCUT2D eigenvalue weighted by Gasteiger charge is -2.45. The van der Waals surface area contributed by atoms with Crippen molar-refractivity contribution in [1.29, 1.82) is 5.41 Å². The summed E-state index contributed by atoms with van der Waals surface area (Å²) >= 11 is 0. The molecule has 5 aliphatic carbocycles. The number of fused-ring (bicyclic) bond motifs is 1. The summed E-state index contributed by atoms with van der Waals surface area (Å²) in [6, 6.07) is 1.25. The number of hydrogen-bond acceptors (Lipinski definition) is 4. The van der Waals surface area contributed by atoms with Crippen molar-refractivity contribution in [3.63, 3.8) is 0 Å². The first kappa shape index (κ1) is 29.6. The van der Waals surface area contributed by atoms with Gasteiger partial charge in [0.15, 0.2) is 0 Å². The Morgan fingerprint density at radius 3 is 2.56 bits per heavy atom. The summed E-state index contributed by atoms with van der Waals surface area (Å²) in [7, 11) is 3.75. The molecule has 8 atom stereocenters. The summed E-state index contributed by atoms with van der Waals surface area (Å²) < 4.78 is 0. The monoisotopic (exact) mass is 498 g/mol. The van der Waals surface area contributed by atoms with Crippen LogP contribution >= 0.6 is 0 Å². The molecule has 206 valence electrons. The lowest BCUT2D eigenvalue weighted by molar-refractivity contribution is 0.0523. The maximum atomic E-state index is 8.27. The van der Waals surface area contributed by atoms with E-state index in [9.17, 15) is 0 Å².